The molecule has 190 valence electrons. The summed E-state index contributed by atoms with van der Waals surface area (Å²) in [6.45, 7) is 1.86. The van der Waals surface area contributed by atoms with Crippen molar-refractivity contribution in [3.05, 3.63) is 125 Å². The number of aryl methyl sites for hydroxylation is 2. The number of fused-ring (bicyclic) bond motifs is 5. The molecule has 0 unspecified atom stereocenters. The molecule has 0 atom stereocenters. The highest BCUT2D eigenvalue weighted by molar-refractivity contribution is 5.94. The van der Waals surface area contributed by atoms with Crippen molar-refractivity contribution in [3.63, 3.8) is 0 Å². The van der Waals surface area contributed by atoms with E-state index in [4.69, 9.17) is 5.73 Å². The van der Waals surface area contributed by atoms with Gasteiger partial charge in [-0.3, -0.25) is 4.98 Å². The number of aromatic nitrogens is 3. The molecule has 5 aromatic rings. The molecule has 0 amide bonds. The zero-order valence-electron chi connectivity index (χ0n) is 21.5. The van der Waals surface area contributed by atoms with Gasteiger partial charge in [0, 0.05) is 30.6 Å². The van der Waals surface area contributed by atoms with Crippen LogP contribution in [0.1, 0.15) is 47.3 Å². The number of allylic oxidation sites excluding steroid dienone is 4. The quantitative estimate of drug-likeness (QED) is 0.259. The van der Waals surface area contributed by atoms with Crippen LogP contribution in [-0.4, -0.2) is 15.0 Å². The van der Waals surface area contributed by atoms with E-state index in [2.05, 4.69) is 69.6 Å². The molecule has 4 nitrogen and oxygen atoms in total. The van der Waals surface area contributed by atoms with Gasteiger partial charge in [-0.2, -0.15) is 0 Å². The number of benzene rings is 3. The lowest BCUT2D eigenvalue weighted by molar-refractivity contribution is 0.831. The Kier molecular flexibility index (Phi) is 7.52. The molecule has 7 rings (SSSR count). The highest BCUT2D eigenvalue weighted by Gasteiger charge is 2.20. The predicted octanol–water partition coefficient (Wildman–Crippen LogP) is 7.82. The molecule has 0 aliphatic heterocycles. The van der Waals surface area contributed by atoms with Gasteiger partial charge in [0.1, 0.15) is 11.6 Å². The Balaban J connectivity index is 0.000000225. The number of halogens is 1. The molecular weight excluding hydrogens is 488 g/mol. The van der Waals surface area contributed by atoms with Gasteiger partial charge in [0.15, 0.2) is 0 Å². The molecule has 5 heteroatoms. The Labute approximate surface area is 229 Å². The van der Waals surface area contributed by atoms with Crippen molar-refractivity contribution < 1.29 is 0 Å². The normalized spacial score (nSPS) is 13.8. The Hall–Kier alpha value is -4.02. The summed E-state index contributed by atoms with van der Waals surface area (Å²) in [4.78, 5) is 12.6. The minimum absolute atomic E-state index is 0. The van der Waals surface area contributed by atoms with E-state index in [-0.39, 0.29) is 12.4 Å². The van der Waals surface area contributed by atoms with Crippen LogP contribution in [0.15, 0.2) is 97.0 Å². The zero-order valence-corrected chi connectivity index (χ0v) is 22.3. The van der Waals surface area contributed by atoms with Gasteiger partial charge in [-0.15, -0.1) is 12.4 Å². The van der Waals surface area contributed by atoms with Gasteiger partial charge in [0.05, 0.1) is 0 Å². The van der Waals surface area contributed by atoms with Crippen LogP contribution in [-0.2, 0) is 12.8 Å². The molecule has 0 fully saturated rings. The van der Waals surface area contributed by atoms with Gasteiger partial charge in [-0.1, -0.05) is 72.3 Å². The summed E-state index contributed by atoms with van der Waals surface area (Å²) in [5.41, 5.74) is 14.3. The molecule has 0 radical (unpaired) electrons. The number of anilines is 1. The second-order valence-electron chi connectivity index (χ2n) is 9.83. The second kappa shape index (κ2) is 11.2. The van der Waals surface area contributed by atoms with E-state index in [9.17, 15) is 0 Å². The molecule has 2 aliphatic rings. The van der Waals surface area contributed by atoms with E-state index < -0.39 is 0 Å². The Morgan fingerprint density at radius 3 is 2.58 bits per heavy atom. The van der Waals surface area contributed by atoms with E-state index in [1.54, 1.807) is 5.57 Å². The van der Waals surface area contributed by atoms with Crippen molar-refractivity contribution >= 4 is 45.3 Å². The smallest absolute Gasteiger partial charge is 0.130 e. The first-order valence-electron chi connectivity index (χ1n) is 13.0. The maximum absolute atomic E-state index is 6.07. The van der Waals surface area contributed by atoms with Crippen LogP contribution in [0, 0.1) is 6.92 Å². The van der Waals surface area contributed by atoms with Crippen molar-refractivity contribution in [2.75, 3.05) is 5.73 Å². The fourth-order valence-electron chi connectivity index (χ4n) is 5.50. The fraction of sp³-hybridized carbons (Fsp3) is 0.182. The number of pyridine rings is 1. The summed E-state index contributed by atoms with van der Waals surface area (Å²) in [5, 5.41) is 5.14. The maximum Gasteiger partial charge on any atom is 0.130 e. The third-order valence-corrected chi connectivity index (χ3v) is 7.40. The Bertz CT molecular complexity index is 1620. The van der Waals surface area contributed by atoms with Crippen LogP contribution in [0.5, 0.6) is 0 Å². The average Bonchev–Trinajstić information content (AvgIpc) is 2.94. The molecule has 2 heterocycles. The highest BCUT2D eigenvalue weighted by Crippen LogP contribution is 2.40. The summed E-state index contributed by atoms with van der Waals surface area (Å²) >= 11 is 0. The third-order valence-electron chi connectivity index (χ3n) is 7.40. The first-order chi connectivity index (χ1) is 18.2. The molecule has 2 N–H and O–H groups in total. The van der Waals surface area contributed by atoms with Crippen LogP contribution in [0.2, 0.25) is 0 Å². The van der Waals surface area contributed by atoms with Crippen molar-refractivity contribution in [2.45, 2.75) is 39.0 Å². The van der Waals surface area contributed by atoms with Crippen LogP contribution in [0.4, 0.5) is 5.82 Å². The minimum Gasteiger partial charge on any atom is -0.383 e. The van der Waals surface area contributed by atoms with Gasteiger partial charge >= 0.3 is 0 Å². The van der Waals surface area contributed by atoms with Crippen LogP contribution in [0.3, 0.4) is 0 Å². The molecule has 38 heavy (non-hydrogen) atoms. The lowest BCUT2D eigenvalue weighted by Gasteiger charge is -2.25. The molecular formula is C33H31ClN4. The summed E-state index contributed by atoms with van der Waals surface area (Å²) in [6, 6.07) is 21.6. The van der Waals surface area contributed by atoms with Gasteiger partial charge in [0.25, 0.3) is 0 Å². The molecule has 0 saturated heterocycles. The number of rotatable bonds is 2. The van der Waals surface area contributed by atoms with Crippen LogP contribution < -0.4 is 5.73 Å². The van der Waals surface area contributed by atoms with Gasteiger partial charge in [0.2, 0.25) is 0 Å². The van der Waals surface area contributed by atoms with Crippen molar-refractivity contribution in [1.82, 2.24) is 15.0 Å². The van der Waals surface area contributed by atoms with E-state index >= 15 is 0 Å². The number of hydrogen-bond donors (Lipinski definition) is 1. The summed E-state index contributed by atoms with van der Waals surface area (Å²) in [6.07, 6.45) is 15.7. The van der Waals surface area contributed by atoms with Gasteiger partial charge in [-0.25, -0.2) is 9.97 Å². The van der Waals surface area contributed by atoms with E-state index in [0.29, 0.717) is 11.6 Å². The van der Waals surface area contributed by atoms with E-state index in [0.717, 1.165) is 18.4 Å². The standard InChI is InChI=1S/C24H23N3.C9H7N.ClH/c1-15-26-14-19(24(25)27-15)13-16-6-9-21-18(12-16)8-11-22-20-5-3-2-4-17(20)7-10-23(21)22;1-2-4-9-7-10-6-5-8(9)3-1;/h3,5-6,8-9,11-12,14H,2,4,7,10,13H2,1H3,(H2,25,26,27);1-7H;1H. The third kappa shape index (κ3) is 5.18. The first kappa shape index (κ1) is 25.6. The van der Waals surface area contributed by atoms with E-state index in [1.165, 1.54) is 63.1 Å². The monoisotopic (exact) mass is 518 g/mol. The Morgan fingerprint density at radius 1 is 0.868 bits per heavy atom. The number of nitrogens with zero attached hydrogens (tertiary/aromatic N) is 3. The summed E-state index contributed by atoms with van der Waals surface area (Å²) in [5.74, 6) is 1.29. The predicted molar refractivity (Wildman–Crippen MR) is 161 cm³/mol. The number of nitrogens with two attached hydrogens (primary N) is 1. The zero-order chi connectivity index (χ0) is 25.2. The molecule has 0 saturated carbocycles. The fourth-order valence-corrected chi connectivity index (χ4v) is 5.50. The number of nitrogen functional groups attached to an aromatic ring is 1. The minimum atomic E-state index is 0. The van der Waals surface area contributed by atoms with Crippen LogP contribution in [0.25, 0.3) is 27.1 Å². The lowest BCUT2D eigenvalue weighted by atomic mass is 9.79. The SMILES string of the molecule is Cc1ncc(Cc2ccc3c4c(ccc3c2)C2=C(CCC=C2)CC4)c(N)n1.Cl.c1ccc2cnccc2c1. The lowest BCUT2D eigenvalue weighted by Crippen LogP contribution is -2.07. The molecule has 2 aromatic heterocycles. The van der Waals surface area contributed by atoms with Gasteiger partial charge in [-0.05, 0) is 82.5 Å². The average molecular weight is 519 g/mol. The highest BCUT2D eigenvalue weighted by atomic mass is 35.5. The number of hydrogen-bond acceptors (Lipinski definition) is 4. The second-order valence-corrected chi connectivity index (χ2v) is 9.83. The molecule has 0 bridgehead atoms. The topological polar surface area (TPSA) is 64.7 Å². The van der Waals surface area contributed by atoms with Crippen LogP contribution >= 0.6 is 12.4 Å². The summed E-state index contributed by atoms with van der Waals surface area (Å²) in [7, 11) is 0. The van der Waals surface area contributed by atoms with Crippen molar-refractivity contribution in [1.29, 1.82) is 0 Å². The maximum atomic E-state index is 6.07. The molecule has 3 aromatic carbocycles. The first-order valence-corrected chi connectivity index (χ1v) is 13.0. The Morgan fingerprint density at radius 2 is 1.74 bits per heavy atom. The van der Waals surface area contributed by atoms with Gasteiger partial charge < -0.3 is 5.73 Å². The molecule has 0 spiro atoms. The van der Waals surface area contributed by atoms with Crippen molar-refractivity contribution in [2.24, 2.45) is 0 Å². The largest absolute Gasteiger partial charge is 0.383 e. The van der Waals surface area contributed by atoms with E-state index in [1.807, 2.05) is 43.7 Å². The summed E-state index contributed by atoms with van der Waals surface area (Å²) < 4.78 is 0. The molecule has 2 aliphatic carbocycles. The van der Waals surface area contributed by atoms with Crippen molar-refractivity contribution in [3.8, 4) is 0 Å².